The molecular formula is C17H20ClNO3. The first kappa shape index (κ1) is 16.5. The van der Waals surface area contributed by atoms with E-state index in [0.29, 0.717) is 18.0 Å². The molecule has 0 aromatic heterocycles. The molecule has 4 nitrogen and oxygen atoms in total. The van der Waals surface area contributed by atoms with Crippen LogP contribution in [-0.4, -0.2) is 25.9 Å². The molecular weight excluding hydrogens is 302 g/mol. The predicted molar refractivity (Wildman–Crippen MR) is 88.2 cm³/mol. The molecule has 0 saturated carbocycles. The summed E-state index contributed by atoms with van der Waals surface area (Å²) in [5.74, 6) is 1.65. The van der Waals surface area contributed by atoms with Crippen molar-refractivity contribution in [3.63, 3.8) is 0 Å². The second-order valence-corrected chi connectivity index (χ2v) is 5.44. The third-order valence-electron chi connectivity index (χ3n) is 3.66. The molecule has 0 saturated heterocycles. The summed E-state index contributed by atoms with van der Waals surface area (Å²) < 4.78 is 10.7. The van der Waals surface area contributed by atoms with Gasteiger partial charge in [0.15, 0.2) is 0 Å². The summed E-state index contributed by atoms with van der Waals surface area (Å²) in [6, 6.07) is 10.9. The molecule has 5 heteroatoms. The topological polar surface area (TPSA) is 64.7 Å². The Morgan fingerprint density at radius 2 is 1.91 bits per heavy atom. The Balaban J connectivity index is 2.29. The molecule has 3 N–H and O–H groups in total. The lowest BCUT2D eigenvalue weighted by molar-refractivity contribution is 0.388. The summed E-state index contributed by atoms with van der Waals surface area (Å²) in [7, 11) is 3.25. The van der Waals surface area contributed by atoms with E-state index in [1.165, 1.54) is 0 Å². The summed E-state index contributed by atoms with van der Waals surface area (Å²) in [4.78, 5) is 0. The molecule has 1 unspecified atom stereocenters. The number of rotatable bonds is 6. The molecule has 0 aliphatic rings. The lowest BCUT2D eigenvalue weighted by atomic mass is 9.91. The van der Waals surface area contributed by atoms with Crippen molar-refractivity contribution in [2.75, 3.05) is 20.8 Å². The Bertz CT molecular complexity index is 646. The lowest BCUT2D eigenvalue weighted by Gasteiger charge is -2.19. The first-order chi connectivity index (χ1) is 10.6. The van der Waals surface area contributed by atoms with Gasteiger partial charge >= 0.3 is 0 Å². The fourth-order valence-corrected chi connectivity index (χ4v) is 2.64. The average molecular weight is 322 g/mol. The minimum absolute atomic E-state index is 0.0803. The van der Waals surface area contributed by atoms with Gasteiger partial charge in [-0.1, -0.05) is 23.7 Å². The maximum atomic E-state index is 9.50. The molecule has 0 fully saturated rings. The fraction of sp³-hybridized carbons (Fsp3) is 0.294. The van der Waals surface area contributed by atoms with Crippen molar-refractivity contribution in [2.45, 2.75) is 12.3 Å². The maximum Gasteiger partial charge on any atom is 0.134 e. The van der Waals surface area contributed by atoms with Gasteiger partial charge in [0.05, 0.1) is 19.2 Å². The van der Waals surface area contributed by atoms with Crippen LogP contribution in [0.1, 0.15) is 17.0 Å². The van der Waals surface area contributed by atoms with Crippen molar-refractivity contribution in [2.24, 2.45) is 5.73 Å². The minimum Gasteiger partial charge on any atom is -0.506 e. The Morgan fingerprint density at radius 3 is 2.50 bits per heavy atom. The van der Waals surface area contributed by atoms with Gasteiger partial charge in [-0.25, -0.2) is 0 Å². The highest BCUT2D eigenvalue weighted by Crippen LogP contribution is 2.33. The van der Waals surface area contributed by atoms with Crippen molar-refractivity contribution in [1.29, 1.82) is 0 Å². The van der Waals surface area contributed by atoms with E-state index in [9.17, 15) is 5.11 Å². The van der Waals surface area contributed by atoms with E-state index in [2.05, 4.69) is 0 Å². The molecule has 0 heterocycles. The van der Waals surface area contributed by atoms with Crippen LogP contribution in [0.25, 0.3) is 0 Å². The van der Waals surface area contributed by atoms with E-state index >= 15 is 0 Å². The molecule has 0 aliphatic heterocycles. The zero-order valence-corrected chi connectivity index (χ0v) is 13.4. The molecule has 22 heavy (non-hydrogen) atoms. The quantitative estimate of drug-likeness (QED) is 0.856. The highest BCUT2D eigenvalue weighted by molar-refractivity contribution is 6.32. The second-order valence-electron chi connectivity index (χ2n) is 5.03. The van der Waals surface area contributed by atoms with Gasteiger partial charge in [0, 0.05) is 12.0 Å². The number of ether oxygens (including phenoxy) is 2. The Morgan fingerprint density at radius 1 is 1.14 bits per heavy atom. The SMILES string of the molecule is COc1ccc(C(CN)Cc2ccc(O)c(Cl)c2)c(OC)c1. The van der Waals surface area contributed by atoms with E-state index in [-0.39, 0.29) is 11.7 Å². The van der Waals surface area contributed by atoms with E-state index < -0.39 is 0 Å². The number of nitrogens with two attached hydrogens (primary N) is 1. The van der Waals surface area contributed by atoms with Crippen molar-refractivity contribution >= 4 is 11.6 Å². The number of phenolic OH excluding ortho intramolecular Hbond substituents is 1. The van der Waals surface area contributed by atoms with Crippen molar-refractivity contribution in [1.82, 2.24) is 0 Å². The molecule has 0 spiro atoms. The third-order valence-corrected chi connectivity index (χ3v) is 3.96. The molecule has 2 rings (SSSR count). The average Bonchev–Trinajstić information content (AvgIpc) is 2.55. The fourth-order valence-electron chi connectivity index (χ4n) is 2.44. The van der Waals surface area contributed by atoms with Gasteiger partial charge in [0.2, 0.25) is 0 Å². The van der Waals surface area contributed by atoms with E-state index in [1.807, 2.05) is 24.3 Å². The summed E-state index contributed by atoms with van der Waals surface area (Å²) >= 11 is 5.96. The zero-order chi connectivity index (χ0) is 16.1. The molecule has 118 valence electrons. The van der Waals surface area contributed by atoms with Gasteiger partial charge in [-0.15, -0.1) is 0 Å². The Hall–Kier alpha value is -1.91. The van der Waals surface area contributed by atoms with Gasteiger partial charge in [0.25, 0.3) is 0 Å². The third kappa shape index (κ3) is 3.64. The molecule has 0 amide bonds. The molecule has 2 aromatic carbocycles. The van der Waals surface area contributed by atoms with Gasteiger partial charge in [-0.2, -0.15) is 0 Å². The highest BCUT2D eigenvalue weighted by atomic mass is 35.5. The summed E-state index contributed by atoms with van der Waals surface area (Å²) in [5.41, 5.74) is 7.98. The van der Waals surface area contributed by atoms with Crippen LogP contribution in [-0.2, 0) is 6.42 Å². The molecule has 0 aliphatic carbocycles. The van der Waals surface area contributed by atoms with Crippen LogP contribution in [0.2, 0.25) is 5.02 Å². The summed E-state index contributed by atoms with van der Waals surface area (Å²) in [5, 5.41) is 9.84. The molecule has 0 radical (unpaired) electrons. The van der Waals surface area contributed by atoms with Crippen LogP contribution in [0.4, 0.5) is 0 Å². The minimum atomic E-state index is 0.0803. The van der Waals surface area contributed by atoms with Crippen LogP contribution < -0.4 is 15.2 Å². The molecule has 1 atom stereocenters. The monoisotopic (exact) mass is 321 g/mol. The van der Waals surface area contributed by atoms with Crippen LogP contribution in [0, 0.1) is 0 Å². The number of halogens is 1. The summed E-state index contributed by atoms with van der Waals surface area (Å²) in [6.07, 6.45) is 0.708. The van der Waals surface area contributed by atoms with Crippen LogP contribution >= 0.6 is 11.6 Å². The smallest absolute Gasteiger partial charge is 0.134 e. The Labute approximate surface area is 135 Å². The second kappa shape index (κ2) is 7.38. The molecule has 0 bridgehead atoms. The van der Waals surface area contributed by atoms with Crippen molar-refractivity contribution in [3.05, 3.63) is 52.5 Å². The van der Waals surface area contributed by atoms with Crippen molar-refractivity contribution in [3.8, 4) is 17.2 Å². The number of phenols is 1. The lowest BCUT2D eigenvalue weighted by Crippen LogP contribution is -2.16. The highest BCUT2D eigenvalue weighted by Gasteiger charge is 2.17. The van der Waals surface area contributed by atoms with Gasteiger partial charge in [-0.3, -0.25) is 0 Å². The molecule has 2 aromatic rings. The maximum absolute atomic E-state index is 9.50. The summed E-state index contributed by atoms with van der Waals surface area (Å²) in [6.45, 7) is 0.473. The first-order valence-corrected chi connectivity index (χ1v) is 7.36. The first-order valence-electron chi connectivity index (χ1n) is 6.98. The van der Waals surface area contributed by atoms with Crippen LogP contribution in [0.15, 0.2) is 36.4 Å². The Kier molecular flexibility index (Phi) is 5.52. The number of benzene rings is 2. The van der Waals surface area contributed by atoms with Gasteiger partial charge in [-0.05, 0) is 42.3 Å². The van der Waals surface area contributed by atoms with E-state index in [4.69, 9.17) is 26.8 Å². The zero-order valence-electron chi connectivity index (χ0n) is 12.7. The number of hydrogen-bond donors (Lipinski definition) is 2. The standard InChI is InChI=1S/C17H20ClNO3/c1-21-13-4-5-14(17(9-13)22-2)12(10-19)7-11-3-6-16(20)15(18)8-11/h3-6,8-9,12,20H,7,10,19H2,1-2H3. The number of hydrogen-bond acceptors (Lipinski definition) is 4. The van der Waals surface area contributed by atoms with Crippen molar-refractivity contribution < 1.29 is 14.6 Å². The normalized spacial score (nSPS) is 12.0. The van der Waals surface area contributed by atoms with Gasteiger partial charge < -0.3 is 20.3 Å². The largest absolute Gasteiger partial charge is 0.506 e. The number of aromatic hydroxyl groups is 1. The van der Waals surface area contributed by atoms with Crippen LogP contribution in [0.3, 0.4) is 0 Å². The predicted octanol–water partition coefficient (Wildman–Crippen LogP) is 3.35. The van der Waals surface area contributed by atoms with Crippen LogP contribution in [0.5, 0.6) is 17.2 Å². The van der Waals surface area contributed by atoms with Gasteiger partial charge in [0.1, 0.15) is 17.2 Å². The van der Waals surface area contributed by atoms with E-state index in [0.717, 1.165) is 22.6 Å². The van der Waals surface area contributed by atoms with E-state index in [1.54, 1.807) is 26.4 Å². The number of methoxy groups -OCH3 is 2.